The lowest BCUT2D eigenvalue weighted by molar-refractivity contribution is 0.177. The van der Waals surface area contributed by atoms with Crippen molar-refractivity contribution < 1.29 is 9.47 Å². The molecular formula is C20H24ClN3O2S. The molecule has 1 aliphatic rings. The predicted molar refractivity (Wildman–Crippen MR) is 114 cm³/mol. The molecule has 1 fully saturated rings. The predicted octanol–water partition coefficient (Wildman–Crippen LogP) is 3.87. The van der Waals surface area contributed by atoms with E-state index in [1.807, 2.05) is 36.4 Å². The number of nitrogens with one attached hydrogen (secondary N) is 1. The van der Waals surface area contributed by atoms with Crippen molar-refractivity contribution in [2.45, 2.75) is 6.54 Å². The SMILES string of the molecule is COc1ccc(OC)c(NC(=S)N2CCN(Cc3cccc(Cl)c3)CC2)c1. The van der Waals surface area contributed by atoms with E-state index in [-0.39, 0.29) is 0 Å². The van der Waals surface area contributed by atoms with Gasteiger partial charge in [-0.3, -0.25) is 4.90 Å². The van der Waals surface area contributed by atoms with Gasteiger partial charge in [0.1, 0.15) is 11.5 Å². The molecule has 2 aromatic carbocycles. The third-order valence-electron chi connectivity index (χ3n) is 4.60. The van der Waals surface area contributed by atoms with E-state index < -0.39 is 0 Å². The lowest BCUT2D eigenvalue weighted by atomic mass is 10.2. The third-order valence-corrected chi connectivity index (χ3v) is 5.20. The normalized spacial score (nSPS) is 14.7. The molecule has 3 rings (SSSR count). The number of rotatable bonds is 5. The Balaban J connectivity index is 1.56. The Bertz CT molecular complexity index is 795. The molecule has 2 aromatic rings. The molecule has 0 spiro atoms. The van der Waals surface area contributed by atoms with Crippen molar-refractivity contribution in [3.8, 4) is 11.5 Å². The number of halogens is 1. The summed E-state index contributed by atoms with van der Waals surface area (Å²) >= 11 is 11.7. The second-order valence-electron chi connectivity index (χ2n) is 6.39. The van der Waals surface area contributed by atoms with Gasteiger partial charge in [0, 0.05) is 43.8 Å². The van der Waals surface area contributed by atoms with Crippen LogP contribution in [-0.4, -0.2) is 55.3 Å². The molecular weight excluding hydrogens is 382 g/mol. The molecule has 0 amide bonds. The topological polar surface area (TPSA) is 37.0 Å². The van der Waals surface area contributed by atoms with Crippen LogP contribution in [0.5, 0.6) is 11.5 Å². The molecule has 0 radical (unpaired) electrons. The number of hydrogen-bond acceptors (Lipinski definition) is 4. The first-order valence-corrected chi connectivity index (χ1v) is 9.62. The van der Waals surface area contributed by atoms with E-state index in [4.69, 9.17) is 33.3 Å². The maximum atomic E-state index is 6.08. The van der Waals surface area contributed by atoms with Gasteiger partial charge >= 0.3 is 0 Å². The molecule has 1 saturated heterocycles. The van der Waals surface area contributed by atoms with Gasteiger partial charge in [-0.25, -0.2) is 0 Å². The van der Waals surface area contributed by atoms with Crippen LogP contribution in [0.15, 0.2) is 42.5 Å². The minimum atomic E-state index is 0.698. The lowest BCUT2D eigenvalue weighted by Crippen LogP contribution is -2.49. The van der Waals surface area contributed by atoms with Crippen LogP contribution in [-0.2, 0) is 6.54 Å². The standard InChI is InChI=1S/C20H24ClN3O2S/c1-25-17-6-7-19(26-2)18(13-17)22-20(27)24-10-8-23(9-11-24)14-15-4-3-5-16(21)12-15/h3-7,12-13H,8-11,14H2,1-2H3,(H,22,27). The van der Waals surface area contributed by atoms with Crippen molar-refractivity contribution >= 4 is 34.6 Å². The molecule has 0 atom stereocenters. The zero-order valence-corrected chi connectivity index (χ0v) is 17.1. The monoisotopic (exact) mass is 405 g/mol. The fourth-order valence-corrected chi connectivity index (χ4v) is 3.61. The van der Waals surface area contributed by atoms with Crippen LogP contribution in [0.25, 0.3) is 0 Å². The van der Waals surface area contributed by atoms with Crippen molar-refractivity contribution in [2.24, 2.45) is 0 Å². The van der Waals surface area contributed by atoms with E-state index in [0.29, 0.717) is 5.11 Å². The number of benzene rings is 2. The van der Waals surface area contributed by atoms with Crippen LogP contribution in [0, 0.1) is 0 Å². The van der Waals surface area contributed by atoms with E-state index in [1.54, 1.807) is 14.2 Å². The molecule has 0 aliphatic carbocycles. The summed E-state index contributed by atoms with van der Waals surface area (Å²) in [6.07, 6.45) is 0. The summed E-state index contributed by atoms with van der Waals surface area (Å²) < 4.78 is 10.7. The average Bonchev–Trinajstić information content (AvgIpc) is 2.68. The zero-order chi connectivity index (χ0) is 19.2. The lowest BCUT2D eigenvalue weighted by Gasteiger charge is -2.36. The number of ether oxygens (including phenoxy) is 2. The summed E-state index contributed by atoms with van der Waals surface area (Å²) in [4.78, 5) is 4.60. The summed E-state index contributed by atoms with van der Waals surface area (Å²) in [6.45, 7) is 4.54. The first kappa shape index (κ1) is 19.7. The van der Waals surface area contributed by atoms with Gasteiger partial charge in [0.05, 0.1) is 19.9 Å². The van der Waals surface area contributed by atoms with Gasteiger partial charge in [-0.15, -0.1) is 0 Å². The Morgan fingerprint density at radius 2 is 1.85 bits per heavy atom. The van der Waals surface area contributed by atoms with Crippen molar-refractivity contribution in [3.05, 3.63) is 53.1 Å². The fraction of sp³-hybridized carbons (Fsp3) is 0.350. The number of piperazine rings is 1. The van der Waals surface area contributed by atoms with Crippen molar-refractivity contribution in [2.75, 3.05) is 45.7 Å². The number of methoxy groups -OCH3 is 2. The van der Waals surface area contributed by atoms with E-state index in [0.717, 1.165) is 54.9 Å². The van der Waals surface area contributed by atoms with Crippen LogP contribution >= 0.6 is 23.8 Å². The zero-order valence-electron chi connectivity index (χ0n) is 15.6. The van der Waals surface area contributed by atoms with Crippen LogP contribution in [0.4, 0.5) is 5.69 Å². The molecule has 0 saturated carbocycles. The highest BCUT2D eigenvalue weighted by Crippen LogP contribution is 2.29. The summed E-state index contributed by atoms with van der Waals surface area (Å²) in [7, 11) is 3.29. The fourth-order valence-electron chi connectivity index (χ4n) is 3.11. The Morgan fingerprint density at radius 3 is 2.52 bits per heavy atom. The van der Waals surface area contributed by atoms with E-state index in [1.165, 1.54) is 5.56 Å². The Kier molecular flexibility index (Phi) is 6.77. The smallest absolute Gasteiger partial charge is 0.173 e. The van der Waals surface area contributed by atoms with Gasteiger partial charge < -0.3 is 19.7 Å². The Morgan fingerprint density at radius 1 is 1.07 bits per heavy atom. The number of anilines is 1. The molecule has 5 nitrogen and oxygen atoms in total. The van der Waals surface area contributed by atoms with Gasteiger partial charge in [-0.05, 0) is 42.0 Å². The summed E-state index contributed by atoms with van der Waals surface area (Å²) in [5.74, 6) is 1.49. The molecule has 0 bridgehead atoms. The van der Waals surface area contributed by atoms with E-state index in [2.05, 4.69) is 21.2 Å². The van der Waals surface area contributed by atoms with Gasteiger partial charge in [0.15, 0.2) is 5.11 Å². The van der Waals surface area contributed by atoms with Gasteiger partial charge in [-0.2, -0.15) is 0 Å². The first-order chi connectivity index (χ1) is 13.1. The molecule has 0 aromatic heterocycles. The van der Waals surface area contributed by atoms with Crippen LogP contribution in [0.2, 0.25) is 5.02 Å². The first-order valence-electron chi connectivity index (χ1n) is 8.84. The van der Waals surface area contributed by atoms with E-state index >= 15 is 0 Å². The van der Waals surface area contributed by atoms with Crippen molar-refractivity contribution in [3.63, 3.8) is 0 Å². The van der Waals surface area contributed by atoms with Crippen molar-refractivity contribution in [1.29, 1.82) is 0 Å². The molecule has 7 heteroatoms. The maximum Gasteiger partial charge on any atom is 0.173 e. The largest absolute Gasteiger partial charge is 0.497 e. The van der Waals surface area contributed by atoms with Crippen LogP contribution in [0.3, 0.4) is 0 Å². The third kappa shape index (κ3) is 5.25. The maximum absolute atomic E-state index is 6.08. The quantitative estimate of drug-likeness (QED) is 0.761. The van der Waals surface area contributed by atoms with Crippen molar-refractivity contribution in [1.82, 2.24) is 9.80 Å². The Hall–Kier alpha value is -2.02. The Labute approximate surface area is 170 Å². The highest BCUT2D eigenvalue weighted by molar-refractivity contribution is 7.80. The highest BCUT2D eigenvalue weighted by Gasteiger charge is 2.20. The molecule has 1 aliphatic heterocycles. The van der Waals surface area contributed by atoms with Crippen LogP contribution < -0.4 is 14.8 Å². The minimum absolute atomic E-state index is 0.698. The molecule has 27 heavy (non-hydrogen) atoms. The van der Waals surface area contributed by atoms with E-state index in [9.17, 15) is 0 Å². The highest BCUT2D eigenvalue weighted by atomic mass is 35.5. The molecule has 1 heterocycles. The minimum Gasteiger partial charge on any atom is -0.497 e. The number of hydrogen-bond donors (Lipinski definition) is 1. The average molecular weight is 406 g/mol. The van der Waals surface area contributed by atoms with Gasteiger partial charge in [-0.1, -0.05) is 23.7 Å². The van der Waals surface area contributed by atoms with Gasteiger partial charge in [0.25, 0.3) is 0 Å². The second kappa shape index (κ2) is 9.26. The summed E-state index contributed by atoms with van der Waals surface area (Å²) in [5, 5.41) is 4.77. The summed E-state index contributed by atoms with van der Waals surface area (Å²) in [6, 6.07) is 13.7. The molecule has 0 unspecified atom stereocenters. The number of nitrogens with zero attached hydrogens (tertiary/aromatic N) is 2. The van der Waals surface area contributed by atoms with Gasteiger partial charge in [0.2, 0.25) is 0 Å². The summed E-state index contributed by atoms with van der Waals surface area (Å²) in [5.41, 5.74) is 2.04. The van der Waals surface area contributed by atoms with Crippen LogP contribution in [0.1, 0.15) is 5.56 Å². The number of thiocarbonyl (C=S) groups is 1. The molecule has 1 N–H and O–H groups in total. The molecule has 144 valence electrons. The second-order valence-corrected chi connectivity index (χ2v) is 7.21.